The fourth-order valence-electron chi connectivity index (χ4n) is 4.99. The molecule has 0 amide bonds. The number of rotatable bonds is 15. The van der Waals surface area contributed by atoms with E-state index in [2.05, 4.69) is 41.0 Å². The van der Waals surface area contributed by atoms with Crippen LogP contribution in [0.5, 0.6) is 5.75 Å². The standard InChI is InChI=1S/C26H41N2O4P/c1-31-24-12-6-10-21(19-24)9-4-2-3-5-11-22-14-15-23(26-25(22)13-7-17-28-26)20-27-16-8-18-32-33(29)30/h6,10,12,14-15,19,25-28,33H,2-5,7-9,11,13,16-18,20H2,1H3,(H,29,30). The van der Waals surface area contributed by atoms with E-state index in [1.807, 2.05) is 6.07 Å². The minimum absolute atomic E-state index is 0.328. The highest BCUT2D eigenvalue weighted by Crippen LogP contribution is 2.34. The molecule has 184 valence electrons. The van der Waals surface area contributed by atoms with Gasteiger partial charge < -0.3 is 24.8 Å². The second-order valence-electron chi connectivity index (χ2n) is 9.07. The predicted molar refractivity (Wildman–Crippen MR) is 135 cm³/mol. The van der Waals surface area contributed by atoms with E-state index in [1.165, 1.54) is 56.1 Å². The molecular weight excluding hydrogens is 435 g/mol. The van der Waals surface area contributed by atoms with Crippen molar-refractivity contribution in [2.75, 3.05) is 33.4 Å². The summed E-state index contributed by atoms with van der Waals surface area (Å²) >= 11 is 0. The average molecular weight is 477 g/mol. The van der Waals surface area contributed by atoms with Crippen LogP contribution in [0.3, 0.4) is 0 Å². The van der Waals surface area contributed by atoms with Crippen molar-refractivity contribution in [3.05, 3.63) is 53.1 Å². The normalized spacial score (nSPS) is 21.2. The molecule has 6 nitrogen and oxygen atoms in total. The molecule has 3 unspecified atom stereocenters. The van der Waals surface area contributed by atoms with Gasteiger partial charge in [0, 0.05) is 12.6 Å². The van der Waals surface area contributed by atoms with E-state index in [4.69, 9.17) is 14.2 Å². The number of piperidine rings is 1. The van der Waals surface area contributed by atoms with E-state index in [0.29, 0.717) is 18.6 Å². The van der Waals surface area contributed by atoms with Crippen LogP contribution in [-0.4, -0.2) is 44.3 Å². The monoisotopic (exact) mass is 476 g/mol. The number of unbranched alkanes of at least 4 members (excludes halogenated alkanes) is 3. The van der Waals surface area contributed by atoms with Gasteiger partial charge in [-0.1, -0.05) is 42.7 Å². The fourth-order valence-corrected chi connectivity index (χ4v) is 5.30. The molecule has 1 heterocycles. The Bertz CT molecular complexity index is 811. The first-order valence-corrected chi connectivity index (χ1v) is 13.8. The highest BCUT2D eigenvalue weighted by molar-refractivity contribution is 7.32. The maximum absolute atomic E-state index is 10.6. The Labute approximate surface area is 199 Å². The molecule has 7 heteroatoms. The van der Waals surface area contributed by atoms with Crippen LogP contribution in [0.1, 0.15) is 56.9 Å². The van der Waals surface area contributed by atoms with Gasteiger partial charge in [0.25, 0.3) is 0 Å². The average Bonchev–Trinajstić information content (AvgIpc) is 2.84. The maximum atomic E-state index is 10.6. The minimum atomic E-state index is -2.80. The van der Waals surface area contributed by atoms with Crippen molar-refractivity contribution >= 4 is 8.25 Å². The second-order valence-corrected chi connectivity index (χ2v) is 9.89. The Morgan fingerprint density at radius 2 is 1.94 bits per heavy atom. The summed E-state index contributed by atoms with van der Waals surface area (Å²) in [6, 6.07) is 8.86. The van der Waals surface area contributed by atoms with Gasteiger partial charge in [-0.15, -0.1) is 0 Å². The van der Waals surface area contributed by atoms with Crippen LogP contribution in [0.4, 0.5) is 0 Å². The van der Waals surface area contributed by atoms with Gasteiger partial charge in [0.1, 0.15) is 5.75 Å². The number of hydrogen-bond donors (Lipinski definition) is 3. The number of methoxy groups -OCH3 is 1. The van der Waals surface area contributed by atoms with Crippen LogP contribution in [0, 0.1) is 5.92 Å². The third kappa shape index (κ3) is 9.03. The zero-order chi connectivity index (χ0) is 23.3. The summed E-state index contributed by atoms with van der Waals surface area (Å²) < 4.78 is 20.7. The summed E-state index contributed by atoms with van der Waals surface area (Å²) in [7, 11) is -1.08. The lowest BCUT2D eigenvalue weighted by Crippen LogP contribution is -2.46. The first-order valence-electron chi connectivity index (χ1n) is 12.5. The molecule has 1 aromatic rings. The molecule has 1 aliphatic heterocycles. The lowest BCUT2D eigenvalue weighted by Gasteiger charge is -2.38. The molecule has 3 N–H and O–H groups in total. The second kappa shape index (κ2) is 14.7. The highest BCUT2D eigenvalue weighted by Gasteiger charge is 2.31. The number of allylic oxidation sites excluding steroid dienone is 2. The van der Waals surface area contributed by atoms with Gasteiger partial charge in [0.15, 0.2) is 0 Å². The SMILES string of the molecule is COc1cccc(CCCCCCC2=CC=C(CNCCCO[PH](=O)O)C3NCCCC23)c1. The van der Waals surface area contributed by atoms with Crippen molar-refractivity contribution in [2.45, 2.75) is 63.8 Å². The summed E-state index contributed by atoms with van der Waals surface area (Å²) in [4.78, 5) is 8.71. The van der Waals surface area contributed by atoms with Crippen molar-refractivity contribution in [1.29, 1.82) is 0 Å². The van der Waals surface area contributed by atoms with E-state index in [-0.39, 0.29) is 0 Å². The first kappa shape index (κ1) is 26.2. The molecule has 33 heavy (non-hydrogen) atoms. The number of hydrogen-bond acceptors (Lipinski definition) is 5. The summed E-state index contributed by atoms with van der Waals surface area (Å²) in [6.45, 7) is 3.07. The van der Waals surface area contributed by atoms with Crippen LogP contribution in [-0.2, 0) is 15.5 Å². The van der Waals surface area contributed by atoms with E-state index in [9.17, 15) is 4.57 Å². The molecule has 0 aromatic heterocycles. The van der Waals surface area contributed by atoms with Crippen molar-refractivity contribution in [3.63, 3.8) is 0 Å². The molecular formula is C26H41N2O4P. The molecule has 2 aliphatic rings. The first-order chi connectivity index (χ1) is 16.2. The molecule has 3 atom stereocenters. The number of benzene rings is 1. The van der Waals surface area contributed by atoms with Gasteiger partial charge in [-0.05, 0) is 87.2 Å². The van der Waals surface area contributed by atoms with Crippen molar-refractivity contribution in [2.24, 2.45) is 5.92 Å². The summed E-state index contributed by atoms with van der Waals surface area (Å²) in [6.07, 6.45) is 15.3. The molecule has 1 saturated heterocycles. The molecule has 0 saturated carbocycles. The van der Waals surface area contributed by atoms with Crippen LogP contribution < -0.4 is 15.4 Å². The van der Waals surface area contributed by atoms with Crippen molar-refractivity contribution < 1.29 is 18.7 Å². The van der Waals surface area contributed by atoms with Crippen LogP contribution >= 0.6 is 8.25 Å². The summed E-state index contributed by atoms with van der Waals surface area (Å²) in [5.74, 6) is 1.57. The van der Waals surface area contributed by atoms with Crippen molar-refractivity contribution in [1.82, 2.24) is 10.6 Å². The van der Waals surface area contributed by atoms with Gasteiger partial charge in [0.05, 0.1) is 13.7 Å². The van der Waals surface area contributed by atoms with Gasteiger partial charge in [-0.3, -0.25) is 4.57 Å². The summed E-state index contributed by atoms with van der Waals surface area (Å²) in [5.41, 5.74) is 4.41. The van der Waals surface area contributed by atoms with E-state index in [1.54, 1.807) is 12.7 Å². The Morgan fingerprint density at radius 3 is 2.76 bits per heavy atom. The third-order valence-electron chi connectivity index (χ3n) is 6.71. The molecule has 1 aromatic carbocycles. The topological polar surface area (TPSA) is 79.8 Å². The smallest absolute Gasteiger partial charge is 0.316 e. The number of nitrogens with one attached hydrogen (secondary N) is 2. The molecule has 0 spiro atoms. The quantitative estimate of drug-likeness (QED) is 0.249. The lowest BCUT2D eigenvalue weighted by atomic mass is 9.76. The number of aryl methyl sites for hydroxylation is 1. The van der Waals surface area contributed by atoms with E-state index >= 15 is 0 Å². The van der Waals surface area contributed by atoms with Gasteiger partial charge >= 0.3 is 8.25 Å². The van der Waals surface area contributed by atoms with Crippen LogP contribution in [0.2, 0.25) is 0 Å². The molecule has 0 bridgehead atoms. The van der Waals surface area contributed by atoms with Crippen LogP contribution in [0.15, 0.2) is 47.6 Å². The molecule has 1 aliphatic carbocycles. The van der Waals surface area contributed by atoms with Gasteiger partial charge in [-0.25, -0.2) is 0 Å². The lowest BCUT2D eigenvalue weighted by molar-refractivity contribution is 0.276. The van der Waals surface area contributed by atoms with E-state index < -0.39 is 8.25 Å². The Hall–Kier alpha value is -1.43. The Balaban J connectivity index is 1.37. The molecule has 3 rings (SSSR count). The molecule has 0 radical (unpaired) electrons. The largest absolute Gasteiger partial charge is 0.497 e. The Morgan fingerprint density at radius 1 is 1.12 bits per heavy atom. The zero-order valence-electron chi connectivity index (χ0n) is 20.0. The fraction of sp³-hybridized carbons (Fsp3) is 0.615. The van der Waals surface area contributed by atoms with E-state index in [0.717, 1.165) is 38.2 Å². The Kier molecular flexibility index (Phi) is 11.7. The maximum Gasteiger partial charge on any atom is 0.316 e. The zero-order valence-corrected chi connectivity index (χ0v) is 21.0. The summed E-state index contributed by atoms with van der Waals surface area (Å²) in [5, 5.41) is 7.22. The molecule has 1 fully saturated rings. The predicted octanol–water partition coefficient (Wildman–Crippen LogP) is 4.80. The van der Waals surface area contributed by atoms with Crippen molar-refractivity contribution in [3.8, 4) is 5.75 Å². The number of ether oxygens (including phenoxy) is 1. The van der Waals surface area contributed by atoms with Gasteiger partial charge in [0.2, 0.25) is 0 Å². The van der Waals surface area contributed by atoms with Gasteiger partial charge in [-0.2, -0.15) is 0 Å². The highest BCUT2D eigenvalue weighted by atomic mass is 31.1. The number of fused-ring (bicyclic) bond motifs is 1. The minimum Gasteiger partial charge on any atom is -0.497 e. The van der Waals surface area contributed by atoms with Crippen LogP contribution in [0.25, 0.3) is 0 Å². The third-order valence-corrected chi connectivity index (χ3v) is 7.16.